The van der Waals surface area contributed by atoms with Crippen LogP contribution in [0.25, 0.3) is 0 Å². The van der Waals surface area contributed by atoms with Crippen molar-refractivity contribution < 1.29 is 22.7 Å². The normalized spacial score (nSPS) is 12.7. The topological polar surface area (TPSA) is 101 Å². The smallest absolute Gasteiger partial charge is 0.335 e. The third-order valence-electron chi connectivity index (χ3n) is 3.96. The number of aromatic carboxylic acids is 1. The van der Waals surface area contributed by atoms with Crippen LogP contribution in [0.15, 0.2) is 65.8 Å². The fourth-order valence-electron chi connectivity index (χ4n) is 2.63. The van der Waals surface area contributed by atoms with Gasteiger partial charge in [0.05, 0.1) is 10.5 Å². The van der Waals surface area contributed by atoms with E-state index in [0.717, 1.165) is 6.07 Å². The molecule has 0 radical (unpaired) electrons. The molecule has 9 heteroatoms. The van der Waals surface area contributed by atoms with Gasteiger partial charge in [-0.3, -0.25) is 0 Å². The summed E-state index contributed by atoms with van der Waals surface area (Å²) >= 11 is 0. The van der Waals surface area contributed by atoms with E-state index >= 15 is 0 Å². The lowest BCUT2D eigenvalue weighted by Crippen LogP contribution is -2.31. The Morgan fingerprint density at radius 2 is 1.96 bits per heavy atom. The van der Waals surface area contributed by atoms with Gasteiger partial charge in [0, 0.05) is 19.4 Å². The number of carboxylic acid groups (broad SMARTS) is 1. The molecule has 3 rings (SSSR count). The Hall–Kier alpha value is -3.04. The van der Waals surface area contributed by atoms with Crippen LogP contribution in [0.1, 0.15) is 27.8 Å². The second-order valence-electron chi connectivity index (χ2n) is 5.84. The Balaban J connectivity index is 2.05. The second kappa shape index (κ2) is 7.29. The number of rotatable bonds is 6. The highest BCUT2D eigenvalue weighted by atomic mass is 32.2. The summed E-state index contributed by atoms with van der Waals surface area (Å²) in [5.74, 6) is -1.39. The highest BCUT2D eigenvalue weighted by molar-refractivity contribution is 7.89. The first kappa shape index (κ1) is 18.7. The van der Waals surface area contributed by atoms with Crippen LogP contribution in [-0.4, -0.2) is 29.0 Å². The summed E-state index contributed by atoms with van der Waals surface area (Å²) < 4.78 is 43.5. The van der Waals surface area contributed by atoms with Crippen LogP contribution >= 0.6 is 0 Å². The van der Waals surface area contributed by atoms with E-state index in [1.165, 1.54) is 42.6 Å². The molecular formula is C18H16FN3O4S. The van der Waals surface area contributed by atoms with E-state index in [-0.39, 0.29) is 10.5 Å². The molecule has 0 unspecified atom stereocenters. The van der Waals surface area contributed by atoms with E-state index in [1.54, 1.807) is 23.9 Å². The fourth-order valence-corrected chi connectivity index (χ4v) is 3.86. The minimum absolute atomic E-state index is 0.155. The van der Waals surface area contributed by atoms with E-state index in [4.69, 9.17) is 5.11 Å². The number of hydrogen-bond donors (Lipinski definition) is 2. The maximum Gasteiger partial charge on any atom is 0.335 e. The average Bonchev–Trinajstić information content (AvgIpc) is 3.05. The van der Waals surface area contributed by atoms with Gasteiger partial charge in [-0.25, -0.2) is 22.6 Å². The third-order valence-corrected chi connectivity index (χ3v) is 5.38. The first-order valence-corrected chi connectivity index (χ1v) is 9.34. The zero-order chi connectivity index (χ0) is 19.6. The van der Waals surface area contributed by atoms with E-state index < -0.39 is 27.9 Å². The average molecular weight is 389 g/mol. The van der Waals surface area contributed by atoms with E-state index in [1.807, 2.05) is 0 Å². The number of hydrogen-bond acceptors (Lipinski definition) is 4. The van der Waals surface area contributed by atoms with Crippen LogP contribution in [0.2, 0.25) is 0 Å². The quantitative estimate of drug-likeness (QED) is 0.674. The van der Waals surface area contributed by atoms with Crippen LogP contribution in [0, 0.1) is 5.82 Å². The maximum atomic E-state index is 13.7. The van der Waals surface area contributed by atoms with Gasteiger partial charge >= 0.3 is 5.97 Å². The summed E-state index contributed by atoms with van der Waals surface area (Å²) in [6.45, 7) is 0. The number of carbonyl (C=O) groups is 1. The molecule has 0 spiro atoms. The molecule has 1 heterocycles. The van der Waals surface area contributed by atoms with Gasteiger partial charge in [0.1, 0.15) is 17.7 Å². The van der Waals surface area contributed by atoms with Gasteiger partial charge < -0.3 is 9.67 Å². The molecule has 0 amide bonds. The van der Waals surface area contributed by atoms with Crippen molar-refractivity contribution in [2.75, 3.05) is 0 Å². The number of sulfonamides is 1. The Morgan fingerprint density at radius 1 is 1.22 bits per heavy atom. The SMILES string of the molecule is Cn1ccnc1[C@H](NS(=O)(=O)c1cccc(C(=O)O)c1)c1cccc(F)c1. The Morgan fingerprint density at radius 3 is 2.59 bits per heavy atom. The zero-order valence-corrected chi connectivity index (χ0v) is 15.0. The molecule has 7 nitrogen and oxygen atoms in total. The minimum atomic E-state index is -4.11. The molecule has 0 aliphatic carbocycles. The first-order chi connectivity index (χ1) is 12.8. The Bertz CT molecular complexity index is 1100. The molecule has 140 valence electrons. The number of aromatic nitrogens is 2. The molecule has 2 N–H and O–H groups in total. The number of nitrogens with one attached hydrogen (secondary N) is 1. The lowest BCUT2D eigenvalue weighted by atomic mass is 10.1. The molecule has 0 aliphatic rings. The summed E-state index contributed by atoms with van der Waals surface area (Å²) in [7, 11) is -2.42. The van der Waals surface area contributed by atoms with Crippen LogP contribution in [0.3, 0.4) is 0 Å². The van der Waals surface area contributed by atoms with E-state index in [9.17, 15) is 17.6 Å². The van der Waals surface area contributed by atoms with Gasteiger partial charge in [-0.05, 0) is 35.9 Å². The van der Waals surface area contributed by atoms with Gasteiger partial charge in [-0.1, -0.05) is 18.2 Å². The molecule has 0 fully saturated rings. The van der Waals surface area contributed by atoms with Crippen molar-refractivity contribution in [1.82, 2.24) is 14.3 Å². The molecule has 0 aliphatic heterocycles. The molecule has 27 heavy (non-hydrogen) atoms. The standard InChI is InChI=1S/C18H16FN3O4S/c1-22-9-8-20-17(22)16(12-4-2-6-14(19)10-12)21-27(25,26)15-7-3-5-13(11-15)18(23)24/h2-11,16,21H,1H3,(H,23,24)/t16-/m1/s1. The maximum absolute atomic E-state index is 13.7. The first-order valence-electron chi connectivity index (χ1n) is 7.86. The molecule has 0 saturated carbocycles. The van der Waals surface area contributed by atoms with Crippen molar-refractivity contribution >= 4 is 16.0 Å². The Labute approximate surface area is 155 Å². The number of benzene rings is 2. The van der Waals surface area contributed by atoms with Crippen molar-refractivity contribution in [2.45, 2.75) is 10.9 Å². The lowest BCUT2D eigenvalue weighted by molar-refractivity contribution is 0.0696. The third kappa shape index (κ3) is 4.04. The number of aryl methyl sites for hydroxylation is 1. The summed E-state index contributed by atoms with van der Waals surface area (Å²) in [5.41, 5.74) is 0.208. The highest BCUT2D eigenvalue weighted by Gasteiger charge is 2.26. The van der Waals surface area contributed by atoms with Crippen molar-refractivity contribution in [2.24, 2.45) is 7.05 Å². The minimum Gasteiger partial charge on any atom is -0.478 e. The fraction of sp³-hybridized carbons (Fsp3) is 0.111. The number of nitrogens with zero attached hydrogens (tertiary/aromatic N) is 2. The van der Waals surface area contributed by atoms with E-state index in [2.05, 4.69) is 9.71 Å². The highest BCUT2D eigenvalue weighted by Crippen LogP contribution is 2.24. The lowest BCUT2D eigenvalue weighted by Gasteiger charge is -2.19. The molecule has 0 bridgehead atoms. The van der Waals surface area contributed by atoms with Gasteiger partial charge in [-0.15, -0.1) is 0 Å². The van der Waals surface area contributed by atoms with Crippen molar-refractivity contribution in [3.8, 4) is 0 Å². The van der Waals surface area contributed by atoms with Crippen LogP contribution in [0.4, 0.5) is 4.39 Å². The van der Waals surface area contributed by atoms with Gasteiger partial charge in [0.2, 0.25) is 10.0 Å². The van der Waals surface area contributed by atoms with Gasteiger partial charge in [0.25, 0.3) is 0 Å². The van der Waals surface area contributed by atoms with Crippen LogP contribution < -0.4 is 4.72 Å². The summed E-state index contributed by atoms with van der Waals surface area (Å²) in [4.78, 5) is 15.1. The molecule has 2 aromatic carbocycles. The predicted octanol–water partition coefficient (Wildman–Crippen LogP) is 2.33. The zero-order valence-electron chi connectivity index (χ0n) is 14.2. The molecule has 1 atom stereocenters. The summed E-state index contributed by atoms with van der Waals surface area (Å²) in [6, 6.07) is 9.55. The molecule has 1 aromatic heterocycles. The van der Waals surface area contributed by atoms with Crippen molar-refractivity contribution in [1.29, 1.82) is 0 Å². The summed E-state index contributed by atoms with van der Waals surface area (Å²) in [5, 5.41) is 9.08. The molecule has 0 saturated heterocycles. The predicted molar refractivity (Wildman–Crippen MR) is 95.2 cm³/mol. The van der Waals surface area contributed by atoms with Crippen LogP contribution in [-0.2, 0) is 17.1 Å². The van der Waals surface area contributed by atoms with Gasteiger partial charge in [0.15, 0.2) is 0 Å². The van der Waals surface area contributed by atoms with E-state index in [0.29, 0.717) is 11.4 Å². The van der Waals surface area contributed by atoms with Crippen molar-refractivity contribution in [3.63, 3.8) is 0 Å². The largest absolute Gasteiger partial charge is 0.478 e. The number of imidazole rings is 1. The van der Waals surface area contributed by atoms with Gasteiger partial charge in [-0.2, -0.15) is 4.72 Å². The van der Waals surface area contributed by atoms with Crippen molar-refractivity contribution in [3.05, 3.63) is 83.7 Å². The van der Waals surface area contributed by atoms with Crippen LogP contribution in [0.5, 0.6) is 0 Å². The monoisotopic (exact) mass is 389 g/mol. The number of halogens is 1. The number of carboxylic acids is 1. The second-order valence-corrected chi connectivity index (χ2v) is 7.55. The summed E-state index contributed by atoms with van der Waals surface area (Å²) in [6.07, 6.45) is 3.14. The Kier molecular flexibility index (Phi) is 5.06. The molecule has 3 aromatic rings. The molecular weight excluding hydrogens is 373 g/mol.